The van der Waals surface area contributed by atoms with Crippen molar-refractivity contribution < 1.29 is 4.42 Å². The molecule has 0 amide bonds. The van der Waals surface area contributed by atoms with Gasteiger partial charge in [0.25, 0.3) is 6.71 Å². The van der Waals surface area contributed by atoms with E-state index >= 15 is 0 Å². The molecule has 1 aromatic heterocycles. The summed E-state index contributed by atoms with van der Waals surface area (Å²) in [7, 11) is 0. The van der Waals surface area contributed by atoms with Crippen LogP contribution in [0.4, 0.5) is 51.2 Å². The maximum atomic E-state index is 8.11. The first-order valence-electron chi connectivity index (χ1n) is 37.8. The average Bonchev–Trinajstić information content (AvgIpc) is 1.21. The summed E-state index contributed by atoms with van der Waals surface area (Å²) in [6, 6.07) is 56.1. The minimum Gasteiger partial charge on any atom is -0.468 e. The smallest absolute Gasteiger partial charge is 0.297 e. The Balaban J connectivity index is 1.07. The summed E-state index contributed by atoms with van der Waals surface area (Å²) in [5.41, 5.74) is 34.9. The number of nitrogens with zero attached hydrogens (tertiary/aromatic N) is 3. The summed E-state index contributed by atoms with van der Waals surface area (Å²) in [5.74, 6) is 0. The highest BCUT2D eigenvalue weighted by Crippen LogP contribution is 2.60. The third-order valence-corrected chi connectivity index (χ3v) is 27.8. The molecule has 0 fully saturated rings. The minimum atomic E-state index is -0.246. The Bertz CT molecular complexity index is 4860. The highest BCUT2D eigenvalue weighted by atomic mass is 16.3. The lowest BCUT2D eigenvalue weighted by molar-refractivity contribution is 0.332. The Morgan fingerprint density at radius 2 is 0.847 bits per heavy atom. The fourth-order valence-corrected chi connectivity index (χ4v) is 20.4. The molecule has 4 nitrogen and oxygen atoms in total. The Labute approximate surface area is 588 Å². The van der Waals surface area contributed by atoms with Gasteiger partial charge in [0.2, 0.25) is 0 Å². The van der Waals surface area contributed by atoms with Gasteiger partial charge in [0.15, 0.2) is 0 Å². The summed E-state index contributed by atoms with van der Waals surface area (Å²) in [6.45, 7) is 54.3. The molecule has 0 saturated carbocycles. The molecule has 4 heterocycles. The van der Waals surface area contributed by atoms with E-state index in [1.165, 1.54) is 140 Å². The van der Waals surface area contributed by atoms with Crippen molar-refractivity contribution in [3.63, 3.8) is 0 Å². The number of hydrogen-bond acceptors (Lipinski definition) is 4. The van der Waals surface area contributed by atoms with Gasteiger partial charge in [-0.1, -0.05) is 207 Å². The van der Waals surface area contributed by atoms with E-state index < -0.39 is 0 Å². The monoisotopic (exact) mass is 1290 g/mol. The van der Waals surface area contributed by atoms with Gasteiger partial charge in [-0.3, -0.25) is 0 Å². The van der Waals surface area contributed by atoms with Crippen LogP contribution in [0.5, 0.6) is 0 Å². The predicted octanol–water partition coefficient (Wildman–Crippen LogP) is 24.0. The first-order chi connectivity index (χ1) is 45.7. The Morgan fingerprint density at radius 1 is 0.378 bits per heavy atom. The van der Waals surface area contributed by atoms with Crippen LogP contribution >= 0.6 is 0 Å². The van der Waals surface area contributed by atoms with Crippen LogP contribution in [0.2, 0.25) is 0 Å². The summed E-state index contributed by atoms with van der Waals surface area (Å²) in [4.78, 5) is 8.23. The third-order valence-electron chi connectivity index (χ3n) is 27.8. The molecule has 3 aliphatic heterocycles. The van der Waals surface area contributed by atoms with E-state index in [0.29, 0.717) is 0 Å². The van der Waals surface area contributed by atoms with Crippen molar-refractivity contribution in [2.75, 3.05) is 14.7 Å². The topological polar surface area (TPSA) is 22.9 Å². The van der Waals surface area contributed by atoms with E-state index in [9.17, 15) is 0 Å². The van der Waals surface area contributed by atoms with Crippen LogP contribution in [0.3, 0.4) is 0 Å². The molecule has 5 heteroatoms. The minimum absolute atomic E-state index is 0.0144. The van der Waals surface area contributed by atoms with Crippen molar-refractivity contribution in [3.05, 3.63) is 200 Å². The van der Waals surface area contributed by atoms with Gasteiger partial charge in [0.05, 0.1) is 22.7 Å². The zero-order valence-corrected chi connectivity index (χ0v) is 63.6. The van der Waals surface area contributed by atoms with Gasteiger partial charge >= 0.3 is 0 Å². The van der Waals surface area contributed by atoms with Crippen LogP contribution in [0.25, 0.3) is 22.1 Å². The van der Waals surface area contributed by atoms with Gasteiger partial charge in [-0.2, -0.15) is 0 Å². The van der Waals surface area contributed by atoms with Crippen LogP contribution in [0, 0.1) is 0 Å². The van der Waals surface area contributed by atoms with Crippen molar-refractivity contribution in [1.29, 1.82) is 0 Å². The van der Waals surface area contributed by atoms with Gasteiger partial charge in [-0.25, -0.2) is 0 Å². The molecule has 8 aliphatic rings. The SMILES string of the molecule is CC(C)(C)c1ccc2c(c1)-c1cccc(c1)C1(C)CCC(C)(C)c3cc4c(cc31)N2c1cc(N(c2ccc3c(c2)C(C)(C)CCC3(C)C)c2ccc3c(c2)C(C)(C)CCC3(C)C)cc2c1B4c1oc3cc4c(cc3c1N2c1ccc2c(c1)C(C)(C)CCC2(C)C)C(C)(C)CCC4(C)C. The molecule has 9 aromatic rings. The van der Waals surface area contributed by atoms with Crippen LogP contribution in [-0.4, -0.2) is 6.71 Å². The second-order valence-corrected chi connectivity index (χ2v) is 39.5. The molecule has 17 rings (SSSR count). The average molecular weight is 1290 g/mol. The molecule has 0 radical (unpaired) electrons. The number of furan rings is 1. The molecule has 504 valence electrons. The maximum absolute atomic E-state index is 8.11. The molecule has 98 heavy (non-hydrogen) atoms. The first kappa shape index (κ1) is 64.2. The number of rotatable bonds is 4. The van der Waals surface area contributed by atoms with Crippen LogP contribution in [0.1, 0.15) is 283 Å². The van der Waals surface area contributed by atoms with E-state index in [-0.39, 0.29) is 66.3 Å². The number of fused-ring (bicyclic) bond motifs is 16. The summed E-state index contributed by atoms with van der Waals surface area (Å²) < 4.78 is 8.11. The number of anilines is 9. The quantitative estimate of drug-likeness (QED) is 0.164. The lowest BCUT2D eigenvalue weighted by atomic mass is 9.35. The van der Waals surface area contributed by atoms with Crippen molar-refractivity contribution in [2.24, 2.45) is 0 Å². The normalized spacial score (nSPS) is 22.7. The maximum Gasteiger partial charge on any atom is 0.297 e. The predicted molar refractivity (Wildman–Crippen MR) is 419 cm³/mol. The Morgan fingerprint density at radius 3 is 1.39 bits per heavy atom. The van der Waals surface area contributed by atoms with Gasteiger partial charge < -0.3 is 19.1 Å². The first-order valence-corrected chi connectivity index (χ1v) is 37.8. The molecule has 1 atom stereocenters. The van der Waals surface area contributed by atoms with Gasteiger partial charge in [-0.05, 0) is 280 Å². The second kappa shape index (κ2) is 20.1. The second-order valence-electron chi connectivity index (χ2n) is 39.5. The van der Waals surface area contributed by atoms with Crippen LogP contribution < -0.4 is 31.3 Å². The molecular formula is C93H108BN3O. The molecule has 0 N–H and O–H groups in total. The molecule has 4 bridgehead atoms. The highest BCUT2D eigenvalue weighted by molar-refractivity contribution is 7.00. The Kier molecular flexibility index (Phi) is 13.1. The van der Waals surface area contributed by atoms with E-state index in [1.54, 1.807) is 0 Å². The van der Waals surface area contributed by atoms with Crippen molar-refractivity contribution in [1.82, 2.24) is 0 Å². The zero-order chi connectivity index (χ0) is 69.3. The molecule has 0 spiro atoms. The summed E-state index contributed by atoms with van der Waals surface area (Å²) >= 11 is 0. The fourth-order valence-electron chi connectivity index (χ4n) is 20.4. The highest BCUT2D eigenvalue weighted by Gasteiger charge is 2.53. The Hall–Kier alpha value is -7.24. The van der Waals surface area contributed by atoms with Gasteiger partial charge in [0.1, 0.15) is 5.58 Å². The third kappa shape index (κ3) is 9.12. The van der Waals surface area contributed by atoms with E-state index in [1.807, 2.05) is 0 Å². The fraction of sp³-hybridized carbons (Fsp3) is 0.462. The number of benzene rings is 8. The molecule has 0 saturated heterocycles. The summed E-state index contributed by atoms with van der Waals surface area (Å²) in [5, 5.41) is 1.21. The summed E-state index contributed by atoms with van der Waals surface area (Å²) in [6.07, 6.45) is 11.3. The van der Waals surface area contributed by atoms with E-state index in [4.69, 9.17) is 4.42 Å². The van der Waals surface area contributed by atoms with Crippen molar-refractivity contribution in [3.8, 4) is 11.1 Å². The van der Waals surface area contributed by atoms with Crippen molar-refractivity contribution >= 4 is 85.5 Å². The largest absolute Gasteiger partial charge is 0.468 e. The molecule has 5 aliphatic carbocycles. The van der Waals surface area contributed by atoms with E-state index in [2.05, 4.69) is 300 Å². The zero-order valence-electron chi connectivity index (χ0n) is 63.6. The van der Waals surface area contributed by atoms with Gasteiger partial charge in [-0.15, -0.1) is 0 Å². The van der Waals surface area contributed by atoms with Crippen LogP contribution in [-0.2, 0) is 59.6 Å². The van der Waals surface area contributed by atoms with Gasteiger partial charge in [0, 0.05) is 50.5 Å². The lowest BCUT2D eigenvalue weighted by Gasteiger charge is -2.49. The van der Waals surface area contributed by atoms with Crippen LogP contribution in [0.15, 0.2) is 138 Å². The molecular weight excluding hydrogens is 1190 g/mol. The van der Waals surface area contributed by atoms with E-state index in [0.717, 1.165) is 81.1 Å². The standard InChI is InChI=1S/C93H108BN3O/c1-83(2,3)56-26-33-75-62(45-56)55-24-23-25-57(44-55)93(22)43-42-92(20,21)71-52-74-76(53-73(71)93)97(75)78-50-61(95(58-27-30-64-67(46-58)87(10,11)37-34-84(64,4)5)59-28-31-65-68(47-59)88(12,13)38-35-85(65,6)7)49-77-80(78)94(74)82-81(63-51-70-72(54-79(63)98-82)91(18,19)41-40-90(70,16)17)96(77)60-29-32-66-69(48-60)89(14,15)39-36-86(66,8)9/h23-33,44-54H,34-43H2,1-22H3. The number of hydrogen-bond donors (Lipinski definition) is 0. The molecule has 8 aromatic carbocycles. The molecule has 1 unspecified atom stereocenters. The lowest BCUT2D eigenvalue weighted by Crippen LogP contribution is -2.61. The van der Waals surface area contributed by atoms with Crippen molar-refractivity contribution in [2.45, 2.75) is 276 Å².